The van der Waals surface area contributed by atoms with Crippen molar-refractivity contribution < 1.29 is 21.9 Å². The van der Waals surface area contributed by atoms with Gasteiger partial charge in [0.2, 0.25) is 5.91 Å². The molecule has 2 unspecified atom stereocenters. The third-order valence-electron chi connectivity index (χ3n) is 4.92. The van der Waals surface area contributed by atoms with E-state index in [1.54, 1.807) is 12.3 Å². The number of hydrogen-bond donors (Lipinski definition) is 2. The van der Waals surface area contributed by atoms with E-state index in [4.69, 9.17) is 0 Å². The molecule has 0 radical (unpaired) electrons. The first kappa shape index (κ1) is 20.4. The van der Waals surface area contributed by atoms with Crippen LogP contribution in [0.1, 0.15) is 54.2 Å². The van der Waals surface area contributed by atoms with E-state index in [1.165, 1.54) is 11.8 Å². The molecule has 1 aromatic rings. The maximum atomic E-state index is 12.9. The van der Waals surface area contributed by atoms with Crippen LogP contribution in [0.2, 0.25) is 0 Å². The van der Waals surface area contributed by atoms with Crippen LogP contribution in [-0.2, 0) is 21.6 Å². The minimum atomic E-state index is -4.93. The number of hydrogen-bond acceptors (Lipinski definition) is 5. The van der Waals surface area contributed by atoms with E-state index in [9.17, 15) is 21.9 Å². The first-order chi connectivity index (χ1) is 13.3. The van der Waals surface area contributed by atoms with Crippen molar-refractivity contribution in [3.8, 4) is 0 Å². The predicted octanol–water partition coefficient (Wildman–Crippen LogP) is 1.30. The number of fused-ring (bicyclic) bond motifs is 1. The first-order valence-corrected chi connectivity index (χ1v) is 10.6. The van der Waals surface area contributed by atoms with Crippen LogP contribution in [0.5, 0.6) is 0 Å². The van der Waals surface area contributed by atoms with E-state index < -0.39 is 34.4 Å². The third kappa shape index (κ3) is 4.74. The van der Waals surface area contributed by atoms with Crippen LogP contribution < -0.4 is 10.0 Å². The molecule has 1 aromatic heterocycles. The number of carbonyl (C=O) groups excluding carboxylic acids is 2. The Balaban J connectivity index is 1.72. The summed E-state index contributed by atoms with van der Waals surface area (Å²) < 4.78 is 36.5. The number of carbonyl (C=O) groups is 2. The van der Waals surface area contributed by atoms with E-state index in [0.717, 1.165) is 30.5 Å². The minimum Gasteiger partial charge on any atom is -0.340 e. The zero-order valence-electron chi connectivity index (χ0n) is 15.5. The van der Waals surface area contributed by atoms with Crippen LogP contribution in [0.4, 0.5) is 3.89 Å². The molecule has 2 amide bonds. The van der Waals surface area contributed by atoms with Gasteiger partial charge in [0.05, 0.1) is 6.17 Å². The summed E-state index contributed by atoms with van der Waals surface area (Å²) in [6, 6.07) is 0.715. The monoisotopic (exact) mass is 410 g/mol. The summed E-state index contributed by atoms with van der Waals surface area (Å²) in [7, 11) is -4.93. The Morgan fingerprint density at radius 1 is 1.36 bits per heavy atom. The molecule has 3 rings (SSSR count). The van der Waals surface area contributed by atoms with Crippen molar-refractivity contribution in [2.24, 2.45) is 0 Å². The van der Waals surface area contributed by atoms with Gasteiger partial charge in [0, 0.05) is 29.6 Å². The fraction of sp³-hybridized carbons (Fsp3) is 0.500. The van der Waals surface area contributed by atoms with Crippen LogP contribution in [0.15, 0.2) is 18.3 Å². The molecule has 152 valence electrons. The topological polar surface area (TPSA) is 108 Å². The zero-order valence-corrected chi connectivity index (χ0v) is 16.3. The summed E-state index contributed by atoms with van der Waals surface area (Å²) in [6.45, 7) is 1.81. The summed E-state index contributed by atoms with van der Waals surface area (Å²) >= 11 is 0. The van der Waals surface area contributed by atoms with Crippen molar-refractivity contribution in [2.75, 3.05) is 6.54 Å². The summed E-state index contributed by atoms with van der Waals surface area (Å²) in [5.41, 5.74) is 2.03. The Hall–Kier alpha value is -2.33. The van der Waals surface area contributed by atoms with Crippen LogP contribution >= 0.6 is 0 Å². The van der Waals surface area contributed by atoms with Gasteiger partial charge in [-0.1, -0.05) is 16.0 Å². The second kappa shape index (κ2) is 8.36. The highest BCUT2D eigenvalue weighted by molar-refractivity contribution is 7.84. The number of likely N-dealkylation sites (tertiary alicyclic amines) is 1. The summed E-state index contributed by atoms with van der Waals surface area (Å²) in [5, 5.41) is 2.66. The minimum absolute atomic E-state index is 0.291. The molecule has 0 saturated carbocycles. The van der Waals surface area contributed by atoms with Crippen molar-refractivity contribution in [3.63, 3.8) is 0 Å². The highest BCUT2D eigenvalue weighted by atomic mass is 32.3. The molecule has 2 heterocycles. The smallest absolute Gasteiger partial charge is 0.340 e. The summed E-state index contributed by atoms with van der Waals surface area (Å²) in [4.78, 5) is 31.0. The summed E-state index contributed by atoms with van der Waals surface area (Å²) in [5.74, 6) is -0.879. The Bertz CT molecular complexity index is 903. The highest BCUT2D eigenvalue weighted by Crippen LogP contribution is 2.21. The standard InChI is InChI=1S/C18H23FN4O4S/c1-12(18(25)23-11-5-8-16(23)22-28(19,26)27)21-17(24)14-9-10-20-15-7-4-2-3-6-13(14)15/h3,6,9-10,12,16,22H,2,4-5,7-8,11H2,1H3,(H,21,24). The molecule has 2 atom stereocenters. The highest BCUT2D eigenvalue weighted by Gasteiger charge is 2.34. The number of rotatable bonds is 5. The van der Waals surface area contributed by atoms with Crippen LogP contribution in [-0.4, -0.2) is 48.9 Å². The molecule has 28 heavy (non-hydrogen) atoms. The predicted molar refractivity (Wildman–Crippen MR) is 101 cm³/mol. The number of allylic oxidation sites excluding steroid dienone is 1. The molecule has 0 spiro atoms. The lowest BCUT2D eigenvalue weighted by molar-refractivity contribution is -0.133. The van der Waals surface area contributed by atoms with Gasteiger partial charge in [0.25, 0.3) is 5.91 Å². The number of halogens is 1. The number of pyridine rings is 1. The van der Waals surface area contributed by atoms with Gasteiger partial charge in [-0.15, -0.1) is 0 Å². The van der Waals surface area contributed by atoms with Gasteiger partial charge in [-0.05, 0) is 45.1 Å². The van der Waals surface area contributed by atoms with Gasteiger partial charge in [0.1, 0.15) is 6.04 Å². The van der Waals surface area contributed by atoms with Crippen molar-refractivity contribution in [3.05, 3.63) is 35.2 Å². The number of nitrogens with one attached hydrogen (secondary N) is 2. The van der Waals surface area contributed by atoms with Gasteiger partial charge >= 0.3 is 10.4 Å². The summed E-state index contributed by atoms with van der Waals surface area (Å²) in [6.07, 6.45) is 8.01. The Morgan fingerprint density at radius 3 is 2.89 bits per heavy atom. The van der Waals surface area contributed by atoms with E-state index in [-0.39, 0.29) is 0 Å². The van der Waals surface area contributed by atoms with E-state index in [1.807, 2.05) is 16.9 Å². The Kier molecular flexibility index (Phi) is 6.09. The fourth-order valence-electron chi connectivity index (χ4n) is 3.59. The average Bonchev–Trinajstić information content (AvgIpc) is 2.93. The molecule has 1 saturated heterocycles. The van der Waals surface area contributed by atoms with Gasteiger partial charge in [-0.25, -0.2) is 0 Å². The quantitative estimate of drug-likeness (QED) is 0.712. The van der Waals surface area contributed by atoms with Crippen molar-refractivity contribution >= 4 is 28.3 Å². The normalized spacial score (nSPS) is 20.4. The van der Waals surface area contributed by atoms with Gasteiger partial charge in [-0.3, -0.25) is 14.6 Å². The molecule has 0 aromatic carbocycles. The fourth-order valence-corrected chi connectivity index (χ4v) is 4.16. The Labute approximate surface area is 163 Å². The lowest BCUT2D eigenvalue weighted by atomic mass is 10.0. The molecule has 2 aliphatic rings. The number of aryl methyl sites for hydroxylation is 1. The molecule has 2 N–H and O–H groups in total. The van der Waals surface area contributed by atoms with Crippen molar-refractivity contribution in [1.29, 1.82) is 0 Å². The largest absolute Gasteiger partial charge is 0.373 e. The molecular formula is C18H23FN4O4S. The molecule has 1 aliphatic carbocycles. The molecule has 0 bridgehead atoms. The maximum Gasteiger partial charge on any atom is 0.373 e. The first-order valence-electron chi connectivity index (χ1n) is 9.24. The molecule has 8 nitrogen and oxygen atoms in total. The Morgan fingerprint density at radius 2 is 2.14 bits per heavy atom. The van der Waals surface area contributed by atoms with Gasteiger partial charge < -0.3 is 10.2 Å². The second-order valence-electron chi connectivity index (χ2n) is 6.95. The van der Waals surface area contributed by atoms with Crippen molar-refractivity contribution in [2.45, 2.75) is 51.2 Å². The lowest BCUT2D eigenvalue weighted by Gasteiger charge is -2.27. The molecule has 1 fully saturated rings. The van der Waals surface area contributed by atoms with E-state index >= 15 is 0 Å². The number of nitrogens with zero attached hydrogens (tertiary/aromatic N) is 2. The lowest BCUT2D eigenvalue weighted by Crippen LogP contribution is -2.52. The van der Waals surface area contributed by atoms with Crippen molar-refractivity contribution in [1.82, 2.24) is 19.9 Å². The van der Waals surface area contributed by atoms with E-state index in [2.05, 4.69) is 10.3 Å². The number of amides is 2. The molecule has 10 heteroatoms. The zero-order chi connectivity index (χ0) is 20.3. The molecule has 1 aliphatic heterocycles. The maximum absolute atomic E-state index is 12.9. The number of aromatic nitrogens is 1. The van der Waals surface area contributed by atoms with E-state index in [0.29, 0.717) is 24.9 Å². The third-order valence-corrected chi connectivity index (χ3v) is 5.47. The SMILES string of the molecule is CC(NC(=O)c1ccnc2c1C=CCCC2)C(=O)N1CCCC1NS(=O)(=O)F. The van der Waals surface area contributed by atoms with Gasteiger partial charge in [0.15, 0.2) is 0 Å². The van der Waals surface area contributed by atoms with Crippen LogP contribution in [0, 0.1) is 0 Å². The second-order valence-corrected chi connectivity index (χ2v) is 8.07. The van der Waals surface area contributed by atoms with Crippen LogP contribution in [0.25, 0.3) is 6.08 Å². The van der Waals surface area contributed by atoms with Gasteiger partial charge in [-0.2, -0.15) is 13.1 Å². The van der Waals surface area contributed by atoms with Crippen LogP contribution in [0.3, 0.4) is 0 Å². The average molecular weight is 410 g/mol. The molecular weight excluding hydrogens is 387 g/mol.